The van der Waals surface area contributed by atoms with Gasteiger partial charge in [0.2, 0.25) is 0 Å². The van der Waals surface area contributed by atoms with Crippen molar-refractivity contribution < 1.29 is 0 Å². The van der Waals surface area contributed by atoms with Gasteiger partial charge in [-0.25, -0.2) is 0 Å². The molecule has 0 aliphatic carbocycles. The molecule has 0 spiro atoms. The molecular weight excluding hydrogens is 316 g/mol. The van der Waals surface area contributed by atoms with Crippen LogP contribution in [0.1, 0.15) is 30.5 Å². The van der Waals surface area contributed by atoms with Gasteiger partial charge in [-0.2, -0.15) is 0 Å². The highest BCUT2D eigenvalue weighted by atomic mass is 15.1. The molecule has 0 aliphatic rings. The number of hydrogen-bond acceptors (Lipinski definition) is 2. The first-order chi connectivity index (χ1) is 12.7. The summed E-state index contributed by atoms with van der Waals surface area (Å²) < 4.78 is 0. The lowest BCUT2D eigenvalue weighted by molar-refractivity contribution is 0.474. The molecule has 3 aromatic carbocycles. The first kappa shape index (κ1) is 18.2. The van der Waals surface area contributed by atoms with Crippen molar-refractivity contribution in [2.45, 2.75) is 25.4 Å². The highest BCUT2D eigenvalue weighted by molar-refractivity contribution is 5.44. The third-order valence-corrected chi connectivity index (χ3v) is 4.81. The summed E-state index contributed by atoms with van der Waals surface area (Å²) in [6.45, 7) is 3.30. The molecule has 0 radical (unpaired) electrons. The molecule has 0 saturated heterocycles. The van der Waals surface area contributed by atoms with Crippen LogP contribution >= 0.6 is 0 Å². The number of anilines is 1. The second-order valence-electron chi connectivity index (χ2n) is 6.87. The van der Waals surface area contributed by atoms with Crippen molar-refractivity contribution in [3.63, 3.8) is 0 Å². The number of hydrogen-bond donors (Lipinski definition) is 1. The zero-order chi connectivity index (χ0) is 18.2. The van der Waals surface area contributed by atoms with Crippen molar-refractivity contribution in [1.29, 1.82) is 0 Å². The van der Waals surface area contributed by atoms with Crippen molar-refractivity contribution in [2.24, 2.45) is 0 Å². The summed E-state index contributed by atoms with van der Waals surface area (Å²) in [5.74, 6) is 0. The van der Waals surface area contributed by atoms with E-state index in [1.165, 1.54) is 16.8 Å². The standard InChI is InChI=1S/C24H28N2/c1-20(18-19-26(2)23-16-10-5-11-17-23)25-24(21-12-6-3-7-13-21)22-14-8-4-9-15-22/h3-17,20,24-25H,18-19H2,1-2H3. The van der Waals surface area contributed by atoms with E-state index < -0.39 is 0 Å². The van der Waals surface area contributed by atoms with Gasteiger partial charge in [-0.1, -0.05) is 78.9 Å². The van der Waals surface area contributed by atoms with E-state index in [9.17, 15) is 0 Å². The van der Waals surface area contributed by atoms with Gasteiger partial charge in [-0.15, -0.1) is 0 Å². The lowest BCUT2D eigenvalue weighted by Gasteiger charge is -2.27. The van der Waals surface area contributed by atoms with E-state index in [-0.39, 0.29) is 6.04 Å². The Bertz CT molecular complexity index is 716. The van der Waals surface area contributed by atoms with Crippen molar-refractivity contribution in [2.75, 3.05) is 18.5 Å². The molecule has 1 unspecified atom stereocenters. The van der Waals surface area contributed by atoms with Gasteiger partial charge in [0, 0.05) is 25.3 Å². The SMILES string of the molecule is CC(CCN(C)c1ccccc1)NC(c1ccccc1)c1ccccc1. The molecule has 134 valence electrons. The van der Waals surface area contributed by atoms with Crippen LogP contribution < -0.4 is 10.2 Å². The lowest BCUT2D eigenvalue weighted by atomic mass is 9.97. The number of nitrogens with one attached hydrogen (secondary N) is 1. The Hall–Kier alpha value is -2.58. The summed E-state index contributed by atoms with van der Waals surface area (Å²) in [5.41, 5.74) is 3.88. The molecule has 1 N–H and O–H groups in total. The lowest BCUT2D eigenvalue weighted by Crippen LogP contribution is -2.34. The maximum absolute atomic E-state index is 3.83. The third-order valence-electron chi connectivity index (χ3n) is 4.81. The van der Waals surface area contributed by atoms with Crippen LogP contribution in [0.5, 0.6) is 0 Å². The molecule has 0 aromatic heterocycles. The average molecular weight is 345 g/mol. The fourth-order valence-electron chi connectivity index (χ4n) is 3.24. The molecule has 0 fully saturated rings. The van der Waals surface area contributed by atoms with Crippen molar-refractivity contribution in [1.82, 2.24) is 5.32 Å². The molecule has 0 aliphatic heterocycles. The highest BCUT2D eigenvalue weighted by Gasteiger charge is 2.16. The van der Waals surface area contributed by atoms with Crippen molar-refractivity contribution in [3.05, 3.63) is 102 Å². The number of rotatable bonds is 8. The summed E-state index contributed by atoms with van der Waals surface area (Å²) >= 11 is 0. The van der Waals surface area contributed by atoms with Crippen LogP contribution in [0.4, 0.5) is 5.69 Å². The average Bonchev–Trinajstić information content (AvgIpc) is 2.72. The van der Waals surface area contributed by atoms with Crippen molar-refractivity contribution in [3.8, 4) is 0 Å². The van der Waals surface area contributed by atoms with E-state index in [0.29, 0.717) is 6.04 Å². The Morgan fingerprint density at radius 2 is 1.19 bits per heavy atom. The second kappa shape index (κ2) is 9.21. The minimum atomic E-state index is 0.217. The summed E-state index contributed by atoms with van der Waals surface area (Å²) in [6.07, 6.45) is 1.08. The predicted molar refractivity (Wildman–Crippen MR) is 112 cm³/mol. The maximum Gasteiger partial charge on any atom is 0.0578 e. The van der Waals surface area contributed by atoms with Gasteiger partial charge in [0.15, 0.2) is 0 Å². The number of benzene rings is 3. The Kier molecular flexibility index (Phi) is 6.45. The van der Waals surface area contributed by atoms with Gasteiger partial charge in [0.1, 0.15) is 0 Å². The minimum absolute atomic E-state index is 0.217. The van der Waals surface area contributed by atoms with E-state index in [0.717, 1.165) is 13.0 Å². The van der Waals surface area contributed by atoms with Gasteiger partial charge in [0.25, 0.3) is 0 Å². The summed E-state index contributed by atoms with van der Waals surface area (Å²) in [7, 11) is 2.16. The monoisotopic (exact) mass is 344 g/mol. The van der Waals surface area contributed by atoms with E-state index in [1.807, 2.05) is 0 Å². The van der Waals surface area contributed by atoms with Gasteiger partial charge >= 0.3 is 0 Å². The van der Waals surface area contributed by atoms with Crippen LogP contribution in [0.15, 0.2) is 91.0 Å². The van der Waals surface area contributed by atoms with Crippen LogP contribution in [-0.2, 0) is 0 Å². The minimum Gasteiger partial charge on any atom is -0.375 e. The molecule has 0 amide bonds. The first-order valence-corrected chi connectivity index (χ1v) is 9.36. The van der Waals surface area contributed by atoms with Gasteiger partial charge in [-0.05, 0) is 36.6 Å². The normalized spacial score (nSPS) is 12.1. The zero-order valence-electron chi connectivity index (χ0n) is 15.7. The van der Waals surface area contributed by atoms with Crippen LogP contribution in [0, 0.1) is 0 Å². The van der Waals surface area contributed by atoms with Gasteiger partial charge in [-0.3, -0.25) is 0 Å². The van der Waals surface area contributed by atoms with Gasteiger partial charge < -0.3 is 10.2 Å². The molecule has 3 rings (SSSR count). The molecule has 2 nitrogen and oxygen atoms in total. The number of nitrogens with zero attached hydrogens (tertiary/aromatic N) is 1. The molecule has 26 heavy (non-hydrogen) atoms. The maximum atomic E-state index is 3.83. The number of para-hydroxylation sites is 1. The Morgan fingerprint density at radius 3 is 1.69 bits per heavy atom. The summed E-state index contributed by atoms with van der Waals surface area (Å²) in [6, 6.07) is 32.6. The molecule has 2 heteroatoms. The van der Waals surface area contributed by atoms with E-state index >= 15 is 0 Å². The smallest absolute Gasteiger partial charge is 0.0578 e. The zero-order valence-corrected chi connectivity index (χ0v) is 15.7. The predicted octanol–water partition coefficient (Wildman–Crippen LogP) is 5.28. The molecule has 0 bridgehead atoms. The topological polar surface area (TPSA) is 15.3 Å². The van der Waals surface area contributed by atoms with Gasteiger partial charge in [0.05, 0.1) is 6.04 Å². The van der Waals surface area contributed by atoms with Crippen LogP contribution in [0.2, 0.25) is 0 Å². The highest BCUT2D eigenvalue weighted by Crippen LogP contribution is 2.23. The van der Waals surface area contributed by atoms with Crippen LogP contribution in [0.25, 0.3) is 0 Å². The third kappa shape index (κ3) is 4.96. The Labute approximate surface area is 157 Å². The van der Waals surface area contributed by atoms with E-state index in [1.54, 1.807) is 0 Å². The molecular formula is C24H28N2. The molecule has 3 aromatic rings. The fraction of sp³-hybridized carbons (Fsp3) is 0.250. The van der Waals surface area contributed by atoms with Crippen LogP contribution in [0.3, 0.4) is 0 Å². The van der Waals surface area contributed by atoms with E-state index in [2.05, 4.69) is 115 Å². The fourth-order valence-corrected chi connectivity index (χ4v) is 3.24. The first-order valence-electron chi connectivity index (χ1n) is 9.36. The van der Waals surface area contributed by atoms with Crippen LogP contribution in [-0.4, -0.2) is 19.6 Å². The Morgan fingerprint density at radius 1 is 0.731 bits per heavy atom. The summed E-state index contributed by atoms with van der Waals surface area (Å²) in [4.78, 5) is 2.32. The largest absolute Gasteiger partial charge is 0.375 e. The quantitative estimate of drug-likeness (QED) is 0.598. The molecule has 0 saturated carbocycles. The molecule has 1 atom stereocenters. The molecule has 0 heterocycles. The Balaban J connectivity index is 1.65. The second-order valence-corrected chi connectivity index (χ2v) is 6.87. The van der Waals surface area contributed by atoms with Crippen molar-refractivity contribution >= 4 is 5.69 Å². The van der Waals surface area contributed by atoms with E-state index in [4.69, 9.17) is 0 Å². The summed E-state index contributed by atoms with van der Waals surface area (Å²) in [5, 5.41) is 3.83.